The summed E-state index contributed by atoms with van der Waals surface area (Å²) in [5.41, 5.74) is 1.45. The highest BCUT2D eigenvalue weighted by molar-refractivity contribution is 14.1. The number of carbonyl (C=O) groups is 1. The van der Waals surface area contributed by atoms with Crippen LogP contribution in [-0.2, 0) is 0 Å². The summed E-state index contributed by atoms with van der Waals surface area (Å²) in [6.45, 7) is 0. The normalized spacial score (nSPS) is 10.4. The lowest BCUT2D eigenvalue weighted by Gasteiger charge is -2.12. The van der Waals surface area contributed by atoms with Gasteiger partial charge in [-0.15, -0.1) is 0 Å². The minimum absolute atomic E-state index is 0.234. The maximum atomic E-state index is 12.6. The van der Waals surface area contributed by atoms with Crippen LogP contribution in [0.1, 0.15) is 10.4 Å². The summed E-state index contributed by atoms with van der Waals surface area (Å²) in [5, 5.41) is 7.94. The molecule has 3 aromatic carbocycles. The number of thiocarbonyl (C=S) groups is 1. The van der Waals surface area contributed by atoms with Crippen LogP contribution in [0.5, 0.6) is 0 Å². The van der Waals surface area contributed by atoms with Crippen LogP contribution >= 0.6 is 50.7 Å². The van der Waals surface area contributed by atoms with Gasteiger partial charge in [-0.3, -0.25) is 10.1 Å². The fraction of sp³-hybridized carbons (Fsp3) is 0. The van der Waals surface area contributed by atoms with E-state index in [1.54, 1.807) is 6.07 Å². The van der Waals surface area contributed by atoms with Crippen molar-refractivity contribution in [3.63, 3.8) is 0 Å². The quantitative estimate of drug-likeness (QED) is 0.361. The number of fused-ring (bicyclic) bond motifs is 1. The zero-order valence-electron chi connectivity index (χ0n) is 12.3. The third-order valence-corrected chi connectivity index (χ3v) is 5.30. The molecular weight excluding hydrogens is 499 g/mol. The van der Waals surface area contributed by atoms with Gasteiger partial charge in [0, 0.05) is 13.6 Å². The molecule has 0 saturated heterocycles. The van der Waals surface area contributed by atoms with E-state index in [2.05, 4.69) is 49.2 Å². The van der Waals surface area contributed by atoms with Gasteiger partial charge in [0.2, 0.25) is 0 Å². The average Bonchev–Trinajstić information content (AvgIpc) is 2.57. The first-order valence-corrected chi connectivity index (χ1v) is 9.38. The van der Waals surface area contributed by atoms with Crippen LogP contribution in [0.15, 0.2) is 65.1 Å². The highest BCUT2D eigenvalue weighted by Gasteiger charge is 2.13. The van der Waals surface area contributed by atoms with Crippen LogP contribution in [0, 0.1) is 3.57 Å². The molecule has 0 aromatic heterocycles. The molecule has 24 heavy (non-hydrogen) atoms. The SMILES string of the molecule is O=C(NC(=S)Nc1ccccc1I)c1cccc2c(Br)cccc12. The molecule has 3 aromatic rings. The first-order valence-electron chi connectivity index (χ1n) is 7.10. The van der Waals surface area contributed by atoms with Crippen molar-refractivity contribution in [2.75, 3.05) is 5.32 Å². The Bertz CT molecular complexity index is 945. The van der Waals surface area contributed by atoms with Gasteiger partial charge < -0.3 is 5.32 Å². The molecule has 0 aliphatic rings. The fourth-order valence-electron chi connectivity index (χ4n) is 2.36. The van der Waals surface area contributed by atoms with Crippen LogP contribution in [0.4, 0.5) is 5.69 Å². The largest absolute Gasteiger partial charge is 0.332 e. The van der Waals surface area contributed by atoms with Crippen LogP contribution < -0.4 is 10.6 Å². The highest BCUT2D eigenvalue weighted by atomic mass is 127. The molecule has 0 atom stereocenters. The number of hydrogen-bond donors (Lipinski definition) is 2. The van der Waals surface area contributed by atoms with Crippen LogP contribution in [0.3, 0.4) is 0 Å². The number of para-hydroxylation sites is 1. The summed E-state index contributed by atoms with van der Waals surface area (Å²) in [6.07, 6.45) is 0. The first kappa shape index (κ1) is 17.3. The van der Waals surface area contributed by atoms with Gasteiger partial charge in [0.25, 0.3) is 5.91 Å². The average molecular weight is 511 g/mol. The minimum Gasteiger partial charge on any atom is -0.332 e. The molecule has 1 amide bonds. The predicted octanol–water partition coefficient (Wildman–Crippen LogP) is 5.33. The van der Waals surface area contributed by atoms with Gasteiger partial charge in [-0.05, 0) is 69.8 Å². The lowest BCUT2D eigenvalue weighted by Crippen LogP contribution is -2.34. The molecule has 120 valence electrons. The number of halogens is 2. The predicted molar refractivity (Wildman–Crippen MR) is 114 cm³/mol. The first-order chi connectivity index (χ1) is 11.6. The summed E-state index contributed by atoms with van der Waals surface area (Å²) in [5.74, 6) is -0.234. The van der Waals surface area contributed by atoms with Crippen LogP contribution in [0.2, 0.25) is 0 Å². The molecule has 3 rings (SSSR count). The van der Waals surface area contributed by atoms with Crippen molar-refractivity contribution in [2.45, 2.75) is 0 Å². The second-order valence-electron chi connectivity index (χ2n) is 5.03. The molecule has 0 aliphatic carbocycles. The van der Waals surface area contributed by atoms with Gasteiger partial charge in [0.15, 0.2) is 5.11 Å². The number of amides is 1. The molecule has 2 N–H and O–H groups in total. The van der Waals surface area contributed by atoms with Crippen molar-refractivity contribution < 1.29 is 4.79 Å². The number of anilines is 1. The van der Waals surface area contributed by atoms with E-state index in [1.165, 1.54) is 0 Å². The van der Waals surface area contributed by atoms with Gasteiger partial charge in [0.05, 0.1) is 5.69 Å². The monoisotopic (exact) mass is 510 g/mol. The Morgan fingerprint density at radius 2 is 1.67 bits per heavy atom. The Kier molecular flexibility index (Phi) is 5.47. The zero-order chi connectivity index (χ0) is 17.1. The van der Waals surface area contributed by atoms with Crippen LogP contribution in [-0.4, -0.2) is 11.0 Å². The Morgan fingerprint density at radius 3 is 2.46 bits per heavy atom. The Hall–Kier alpha value is -1.51. The highest BCUT2D eigenvalue weighted by Crippen LogP contribution is 2.26. The van der Waals surface area contributed by atoms with Crippen molar-refractivity contribution in [3.8, 4) is 0 Å². The maximum Gasteiger partial charge on any atom is 0.258 e. The summed E-state index contributed by atoms with van der Waals surface area (Å²) in [4.78, 5) is 12.6. The van der Waals surface area contributed by atoms with Gasteiger partial charge >= 0.3 is 0 Å². The van der Waals surface area contributed by atoms with E-state index < -0.39 is 0 Å². The number of nitrogens with one attached hydrogen (secondary N) is 2. The number of carbonyl (C=O) groups excluding carboxylic acids is 1. The third kappa shape index (κ3) is 3.76. The molecule has 0 fully saturated rings. The second-order valence-corrected chi connectivity index (χ2v) is 7.45. The maximum absolute atomic E-state index is 12.6. The Labute approximate surface area is 167 Å². The molecule has 6 heteroatoms. The fourth-order valence-corrected chi connectivity index (χ4v) is 3.58. The van der Waals surface area contributed by atoms with E-state index in [0.717, 1.165) is 24.5 Å². The van der Waals surface area contributed by atoms with E-state index in [1.807, 2.05) is 54.6 Å². The summed E-state index contributed by atoms with van der Waals surface area (Å²) >= 11 is 11.0. The number of rotatable bonds is 2. The number of hydrogen-bond acceptors (Lipinski definition) is 2. The second kappa shape index (κ2) is 7.58. The smallest absolute Gasteiger partial charge is 0.258 e. The number of benzene rings is 3. The van der Waals surface area contributed by atoms with Crippen molar-refractivity contribution in [3.05, 3.63) is 74.3 Å². The van der Waals surface area contributed by atoms with Crippen LogP contribution in [0.25, 0.3) is 10.8 Å². The standard InChI is InChI=1S/C18H12BrIN2OS/c19-14-8-4-5-11-12(14)6-3-7-13(11)17(23)22-18(24)21-16-10-2-1-9-15(16)20/h1-10H,(H2,21,22,23,24). The lowest BCUT2D eigenvalue weighted by atomic mass is 10.0. The molecule has 0 spiro atoms. The molecular formula is C18H12BrIN2OS. The zero-order valence-corrected chi connectivity index (χ0v) is 16.9. The summed E-state index contributed by atoms with van der Waals surface area (Å²) in [7, 11) is 0. The molecule has 0 bridgehead atoms. The summed E-state index contributed by atoms with van der Waals surface area (Å²) < 4.78 is 1.98. The van der Waals surface area contributed by atoms with E-state index in [0.29, 0.717) is 5.56 Å². The minimum atomic E-state index is -0.234. The van der Waals surface area contributed by atoms with E-state index >= 15 is 0 Å². The van der Waals surface area contributed by atoms with Crippen molar-refractivity contribution in [1.29, 1.82) is 0 Å². The van der Waals surface area contributed by atoms with Gasteiger partial charge in [-0.2, -0.15) is 0 Å². The third-order valence-electron chi connectivity index (χ3n) is 3.46. The van der Waals surface area contributed by atoms with E-state index in [-0.39, 0.29) is 11.0 Å². The van der Waals surface area contributed by atoms with Gasteiger partial charge in [0.1, 0.15) is 0 Å². The Balaban J connectivity index is 1.82. The van der Waals surface area contributed by atoms with Gasteiger partial charge in [-0.1, -0.05) is 52.3 Å². The van der Waals surface area contributed by atoms with Crippen molar-refractivity contribution >= 4 is 78.2 Å². The Morgan fingerprint density at radius 1 is 0.958 bits per heavy atom. The van der Waals surface area contributed by atoms with E-state index in [4.69, 9.17) is 12.2 Å². The molecule has 0 heterocycles. The molecule has 0 aliphatic heterocycles. The molecule has 0 unspecified atom stereocenters. The lowest BCUT2D eigenvalue weighted by molar-refractivity contribution is 0.0979. The molecule has 0 saturated carbocycles. The van der Waals surface area contributed by atoms with Crippen molar-refractivity contribution in [2.24, 2.45) is 0 Å². The molecule has 3 nitrogen and oxygen atoms in total. The summed E-state index contributed by atoms with van der Waals surface area (Å²) in [6, 6.07) is 19.1. The topological polar surface area (TPSA) is 41.1 Å². The van der Waals surface area contributed by atoms with E-state index in [9.17, 15) is 4.79 Å². The van der Waals surface area contributed by atoms with Crippen molar-refractivity contribution in [1.82, 2.24) is 5.32 Å². The molecule has 0 radical (unpaired) electrons. The van der Waals surface area contributed by atoms with Gasteiger partial charge in [-0.25, -0.2) is 0 Å².